The van der Waals surface area contributed by atoms with Crippen molar-refractivity contribution in [1.82, 2.24) is 4.90 Å². The van der Waals surface area contributed by atoms with E-state index in [4.69, 9.17) is 15.1 Å². The standard InChI is InChI=1S/C15H16N2O4/c1-21-13-6-10(2-3-11(13)7-16)8-17-9-12(15(19)20)4-5-14(17)18/h2-3,6,12H,4-5,8-9H2,1H3,(H,19,20). The van der Waals surface area contributed by atoms with E-state index in [-0.39, 0.29) is 18.9 Å². The average Bonchev–Trinajstić information content (AvgIpc) is 2.49. The van der Waals surface area contributed by atoms with Crippen LogP contribution in [0.4, 0.5) is 0 Å². The van der Waals surface area contributed by atoms with Crippen molar-refractivity contribution in [2.75, 3.05) is 13.7 Å². The number of amides is 1. The van der Waals surface area contributed by atoms with E-state index in [0.29, 0.717) is 24.3 Å². The highest BCUT2D eigenvalue weighted by Crippen LogP contribution is 2.23. The van der Waals surface area contributed by atoms with Crippen molar-refractivity contribution in [3.63, 3.8) is 0 Å². The highest BCUT2D eigenvalue weighted by molar-refractivity contribution is 5.80. The molecule has 1 aromatic rings. The molecule has 0 spiro atoms. The van der Waals surface area contributed by atoms with Gasteiger partial charge < -0.3 is 14.7 Å². The Labute approximate surface area is 122 Å². The van der Waals surface area contributed by atoms with Gasteiger partial charge in [0.15, 0.2) is 0 Å². The Kier molecular flexibility index (Phi) is 4.43. The van der Waals surface area contributed by atoms with Gasteiger partial charge in [0, 0.05) is 19.5 Å². The summed E-state index contributed by atoms with van der Waals surface area (Å²) in [6.07, 6.45) is 0.645. The minimum Gasteiger partial charge on any atom is -0.495 e. The number of carbonyl (C=O) groups is 2. The molecule has 0 aliphatic carbocycles. The Bertz CT molecular complexity index is 606. The lowest BCUT2D eigenvalue weighted by Gasteiger charge is -2.30. The van der Waals surface area contributed by atoms with Crippen molar-refractivity contribution >= 4 is 11.9 Å². The summed E-state index contributed by atoms with van der Waals surface area (Å²) in [4.78, 5) is 24.5. The van der Waals surface area contributed by atoms with E-state index in [9.17, 15) is 9.59 Å². The number of hydrogen-bond acceptors (Lipinski definition) is 4. The molecule has 1 unspecified atom stereocenters. The molecule has 0 saturated carbocycles. The first kappa shape index (κ1) is 14.9. The summed E-state index contributed by atoms with van der Waals surface area (Å²) in [5.41, 5.74) is 1.24. The van der Waals surface area contributed by atoms with E-state index in [1.807, 2.05) is 6.07 Å². The summed E-state index contributed by atoms with van der Waals surface area (Å²) >= 11 is 0. The van der Waals surface area contributed by atoms with Crippen molar-refractivity contribution in [2.24, 2.45) is 5.92 Å². The third-order valence-electron chi connectivity index (χ3n) is 3.61. The summed E-state index contributed by atoms with van der Waals surface area (Å²) < 4.78 is 5.13. The van der Waals surface area contributed by atoms with Gasteiger partial charge >= 0.3 is 5.97 Å². The van der Waals surface area contributed by atoms with E-state index in [1.165, 1.54) is 7.11 Å². The zero-order valence-electron chi connectivity index (χ0n) is 11.7. The third-order valence-corrected chi connectivity index (χ3v) is 3.61. The molecule has 110 valence electrons. The molecule has 1 aromatic carbocycles. The van der Waals surface area contributed by atoms with Crippen LogP contribution in [0.3, 0.4) is 0 Å². The highest BCUT2D eigenvalue weighted by atomic mass is 16.5. The fourth-order valence-corrected chi connectivity index (χ4v) is 2.42. The fourth-order valence-electron chi connectivity index (χ4n) is 2.42. The lowest BCUT2D eigenvalue weighted by atomic mass is 9.97. The minimum atomic E-state index is -0.870. The van der Waals surface area contributed by atoms with Gasteiger partial charge in [-0.25, -0.2) is 0 Å². The SMILES string of the molecule is COc1cc(CN2CC(C(=O)O)CCC2=O)ccc1C#N. The molecule has 0 radical (unpaired) electrons. The monoisotopic (exact) mass is 288 g/mol. The largest absolute Gasteiger partial charge is 0.495 e. The molecule has 1 amide bonds. The predicted molar refractivity (Wildman–Crippen MR) is 73.5 cm³/mol. The van der Waals surface area contributed by atoms with Gasteiger partial charge in [-0.05, 0) is 24.1 Å². The maximum absolute atomic E-state index is 11.9. The first-order chi connectivity index (χ1) is 10.0. The first-order valence-electron chi connectivity index (χ1n) is 6.62. The van der Waals surface area contributed by atoms with Crippen LogP contribution in [-0.4, -0.2) is 35.5 Å². The van der Waals surface area contributed by atoms with Crippen LogP contribution < -0.4 is 4.74 Å². The van der Waals surface area contributed by atoms with Gasteiger partial charge in [0.05, 0.1) is 18.6 Å². The lowest BCUT2D eigenvalue weighted by Crippen LogP contribution is -2.42. The van der Waals surface area contributed by atoms with E-state index in [1.54, 1.807) is 23.1 Å². The van der Waals surface area contributed by atoms with E-state index >= 15 is 0 Å². The molecule has 0 bridgehead atoms. The van der Waals surface area contributed by atoms with Gasteiger partial charge in [-0.3, -0.25) is 9.59 Å². The smallest absolute Gasteiger partial charge is 0.308 e. The number of hydrogen-bond donors (Lipinski definition) is 1. The van der Waals surface area contributed by atoms with E-state index in [0.717, 1.165) is 5.56 Å². The topological polar surface area (TPSA) is 90.6 Å². The second-order valence-electron chi connectivity index (χ2n) is 4.99. The van der Waals surface area contributed by atoms with Crippen LogP contribution in [0.5, 0.6) is 5.75 Å². The van der Waals surface area contributed by atoms with E-state index in [2.05, 4.69) is 0 Å². The quantitative estimate of drug-likeness (QED) is 0.904. The van der Waals surface area contributed by atoms with Crippen LogP contribution in [0.2, 0.25) is 0 Å². The molecular weight excluding hydrogens is 272 g/mol. The highest BCUT2D eigenvalue weighted by Gasteiger charge is 2.30. The van der Waals surface area contributed by atoms with Gasteiger partial charge in [-0.2, -0.15) is 5.26 Å². The normalized spacial score (nSPS) is 18.2. The van der Waals surface area contributed by atoms with Gasteiger partial charge in [0.25, 0.3) is 0 Å². The Morgan fingerprint density at radius 2 is 2.33 bits per heavy atom. The number of aliphatic carboxylic acids is 1. The molecule has 21 heavy (non-hydrogen) atoms. The summed E-state index contributed by atoms with van der Waals surface area (Å²) in [5, 5.41) is 18.0. The van der Waals surface area contributed by atoms with Crippen molar-refractivity contribution in [1.29, 1.82) is 5.26 Å². The van der Waals surface area contributed by atoms with Crippen molar-refractivity contribution in [2.45, 2.75) is 19.4 Å². The molecule has 1 saturated heterocycles. The molecule has 1 aliphatic heterocycles. The lowest BCUT2D eigenvalue weighted by molar-refractivity contribution is -0.147. The van der Waals surface area contributed by atoms with Gasteiger partial charge in [0.2, 0.25) is 5.91 Å². The van der Waals surface area contributed by atoms with Crippen LogP contribution >= 0.6 is 0 Å². The molecule has 6 nitrogen and oxygen atoms in total. The number of carboxylic acid groups (broad SMARTS) is 1. The molecular formula is C15H16N2O4. The number of carboxylic acids is 1. The first-order valence-corrected chi connectivity index (χ1v) is 6.62. The zero-order chi connectivity index (χ0) is 15.4. The van der Waals surface area contributed by atoms with E-state index < -0.39 is 11.9 Å². The number of nitrogens with zero attached hydrogens (tertiary/aromatic N) is 2. The predicted octanol–water partition coefficient (Wildman–Crippen LogP) is 1.39. The Morgan fingerprint density at radius 3 is 2.95 bits per heavy atom. The Morgan fingerprint density at radius 1 is 1.57 bits per heavy atom. The number of rotatable bonds is 4. The summed E-state index contributed by atoms with van der Waals surface area (Å²) in [6, 6.07) is 7.11. The Hall–Kier alpha value is -2.55. The number of nitriles is 1. The van der Waals surface area contributed by atoms with Gasteiger partial charge in [-0.1, -0.05) is 6.07 Å². The number of piperidine rings is 1. The summed E-state index contributed by atoms with van der Waals surface area (Å²) in [6.45, 7) is 0.543. The van der Waals surface area contributed by atoms with Crippen molar-refractivity contribution in [3.05, 3.63) is 29.3 Å². The number of likely N-dealkylation sites (tertiary alicyclic amines) is 1. The zero-order valence-corrected chi connectivity index (χ0v) is 11.7. The molecule has 1 heterocycles. The summed E-state index contributed by atoms with van der Waals surface area (Å²) in [5.74, 6) is -0.974. The van der Waals surface area contributed by atoms with Crippen LogP contribution in [0.1, 0.15) is 24.0 Å². The van der Waals surface area contributed by atoms with Gasteiger partial charge in [-0.15, -0.1) is 0 Å². The van der Waals surface area contributed by atoms with Crippen LogP contribution in [-0.2, 0) is 16.1 Å². The number of methoxy groups -OCH3 is 1. The average molecular weight is 288 g/mol. The molecule has 1 atom stereocenters. The fraction of sp³-hybridized carbons (Fsp3) is 0.400. The second-order valence-corrected chi connectivity index (χ2v) is 4.99. The molecule has 2 rings (SSSR count). The summed E-state index contributed by atoms with van der Waals surface area (Å²) in [7, 11) is 1.48. The number of benzene rings is 1. The second kappa shape index (κ2) is 6.27. The molecule has 1 aliphatic rings. The van der Waals surface area contributed by atoms with Crippen molar-refractivity contribution in [3.8, 4) is 11.8 Å². The van der Waals surface area contributed by atoms with Gasteiger partial charge in [0.1, 0.15) is 11.8 Å². The molecule has 6 heteroatoms. The number of ether oxygens (including phenoxy) is 1. The molecule has 1 N–H and O–H groups in total. The van der Waals surface area contributed by atoms with Crippen molar-refractivity contribution < 1.29 is 19.4 Å². The number of carbonyl (C=O) groups excluding carboxylic acids is 1. The maximum atomic E-state index is 11.9. The van der Waals surface area contributed by atoms with Crippen LogP contribution in [0, 0.1) is 17.2 Å². The molecule has 1 fully saturated rings. The van der Waals surface area contributed by atoms with Crippen LogP contribution in [0.15, 0.2) is 18.2 Å². The maximum Gasteiger partial charge on any atom is 0.308 e. The Balaban J connectivity index is 2.15. The molecule has 0 aromatic heterocycles. The minimum absolute atomic E-state index is 0.0455. The van der Waals surface area contributed by atoms with Crippen LogP contribution in [0.25, 0.3) is 0 Å². The third kappa shape index (κ3) is 3.31.